The number of benzene rings is 2. The van der Waals surface area contributed by atoms with Gasteiger partial charge >= 0.3 is 0 Å². The van der Waals surface area contributed by atoms with Crippen LogP contribution in [0.2, 0.25) is 10.6 Å². The highest BCUT2D eigenvalue weighted by Crippen LogP contribution is 2.51. The van der Waals surface area contributed by atoms with Crippen molar-refractivity contribution in [3.63, 3.8) is 0 Å². The average Bonchev–Trinajstić information content (AvgIpc) is 3.51. The highest BCUT2D eigenvalue weighted by Gasteiger charge is 2.37. The molecule has 7 rings (SSSR count). The Hall–Kier alpha value is -3.56. The second-order valence-electron chi connectivity index (χ2n) is 8.23. The topological polar surface area (TPSA) is 90.6 Å². The first kappa shape index (κ1) is 18.1. The summed E-state index contributed by atoms with van der Waals surface area (Å²) in [5, 5.41) is 13.3. The van der Waals surface area contributed by atoms with E-state index in [4.69, 9.17) is 33.3 Å². The lowest BCUT2D eigenvalue weighted by Gasteiger charge is -2.21. The molecule has 4 heterocycles. The molecule has 2 aromatic carbocycles. The average molecular weight is 462 g/mol. The van der Waals surface area contributed by atoms with Crippen LogP contribution in [0.3, 0.4) is 0 Å². The van der Waals surface area contributed by atoms with Gasteiger partial charge in [0.2, 0.25) is 10.6 Å². The monoisotopic (exact) mass is 461 g/mol. The van der Waals surface area contributed by atoms with Gasteiger partial charge < -0.3 is 0 Å². The molecule has 1 aliphatic rings. The zero-order valence-corrected chi connectivity index (χ0v) is 18.3. The largest absolute Gasteiger partial charge is 0.261 e. The maximum Gasteiger partial charge on any atom is 0.261 e. The van der Waals surface area contributed by atoms with Crippen molar-refractivity contribution in [3.05, 3.63) is 64.2 Å². The van der Waals surface area contributed by atoms with Gasteiger partial charge in [0.1, 0.15) is 0 Å². The van der Waals surface area contributed by atoms with Crippen molar-refractivity contribution >= 4 is 40.5 Å². The maximum atomic E-state index is 6.08. The van der Waals surface area contributed by atoms with E-state index in [1.54, 1.807) is 4.52 Å². The quantitative estimate of drug-likeness (QED) is 0.366. The van der Waals surface area contributed by atoms with E-state index < -0.39 is 0 Å². The number of hydrogen-bond donors (Lipinski definition) is 0. The van der Waals surface area contributed by atoms with Gasteiger partial charge in [-0.25, -0.2) is 0 Å². The van der Waals surface area contributed by atoms with Crippen molar-refractivity contribution in [2.24, 2.45) is 0 Å². The zero-order chi connectivity index (χ0) is 21.8. The first-order chi connectivity index (χ1) is 15.4. The summed E-state index contributed by atoms with van der Waals surface area (Å²) in [5.41, 5.74) is 5.64. The van der Waals surface area contributed by atoms with Gasteiger partial charge in [-0.1, -0.05) is 56.3 Å². The molecule has 0 N–H and O–H groups in total. The van der Waals surface area contributed by atoms with E-state index in [0.717, 1.165) is 11.1 Å². The fourth-order valence-corrected chi connectivity index (χ4v) is 5.03. The molecule has 9 nitrogen and oxygen atoms in total. The van der Waals surface area contributed by atoms with Gasteiger partial charge in [-0.2, -0.15) is 28.5 Å². The van der Waals surface area contributed by atoms with Crippen molar-refractivity contribution in [2.75, 3.05) is 0 Å². The molecule has 0 aliphatic heterocycles. The molecule has 6 aromatic rings. The SMILES string of the molecule is CC1(C)c2ccccc2-c2c(-c3nc4n5nc(Cl)nc5n5nc(Cl)nc5n4n3)cccc21. The highest BCUT2D eigenvalue weighted by molar-refractivity contribution is 6.28. The standard InChI is InChI=1S/C21H13Cl2N9/c1-21(2)12-8-4-3-6-10(12)14-11(7-5-9-13(14)21)15-24-18-30(27-15)19-25-16(22)29-32(19)20-26-17(23)28-31(18)20/h3-9H,1-2H3. The Morgan fingerprint density at radius 3 is 1.94 bits per heavy atom. The Morgan fingerprint density at radius 2 is 1.22 bits per heavy atom. The second kappa shape index (κ2) is 5.81. The van der Waals surface area contributed by atoms with Crippen molar-refractivity contribution in [3.8, 4) is 22.5 Å². The Kier molecular flexibility index (Phi) is 3.28. The second-order valence-corrected chi connectivity index (χ2v) is 8.91. The molecule has 0 amide bonds. The zero-order valence-electron chi connectivity index (χ0n) is 16.8. The van der Waals surface area contributed by atoms with Crippen LogP contribution < -0.4 is 0 Å². The lowest BCUT2D eigenvalue weighted by atomic mass is 9.82. The van der Waals surface area contributed by atoms with Crippen LogP contribution in [0.1, 0.15) is 25.0 Å². The molecule has 0 unspecified atom stereocenters. The van der Waals surface area contributed by atoms with Crippen LogP contribution >= 0.6 is 23.2 Å². The number of hydrogen-bond acceptors (Lipinski definition) is 6. The van der Waals surface area contributed by atoms with E-state index in [1.807, 2.05) is 12.1 Å². The van der Waals surface area contributed by atoms with Gasteiger partial charge in [0.25, 0.3) is 17.3 Å². The lowest BCUT2D eigenvalue weighted by Crippen LogP contribution is -2.14. The third-order valence-electron chi connectivity index (χ3n) is 6.14. The summed E-state index contributed by atoms with van der Waals surface area (Å²) < 4.78 is 4.48. The van der Waals surface area contributed by atoms with Crippen LogP contribution in [-0.2, 0) is 5.41 Å². The number of rotatable bonds is 1. The fraction of sp³-hybridized carbons (Fsp3) is 0.143. The molecular formula is C21H13Cl2N9. The summed E-state index contributed by atoms with van der Waals surface area (Å²) in [6.07, 6.45) is 0. The van der Waals surface area contributed by atoms with Crippen LogP contribution in [0.25, 0.3) is 39.8 Å². The first-order valence-corrected chi connectivity index (χ1v) is 10.7. The third kappa shape index (κ3) is 2.14. The minimum atomic E-state index is -0.123. The van der Waals surface area contributed by atoms with Gasteiger partial charge in [0, 0.05) is 11.0 Å². The van der Waals surface area contributed by atoms with Crippen LogP contribution in [0.4, 0.5) is 0 Å². The lowest BCUT2D eigenvalue weighted by molar-refractivity contribution is 0.660. The summed E-state index contributed by atoms with van der Waals surface area (Å²) in [5.74, 6) is 1.66. The van der Waals surface area contributed by atoms with Crippen molar-refractivity contribution in [1.29, 1.82) is 0 Å². The van der Waals surface area contributed by atoms with E-state index in [1.165, 1.54) is 25.7 Å². The van der Waals surface area contributed by atoms with Gasteiger partial charge in [0.15, 0.2) is 5.82 Å². The number of aromatic nitrogens is 9. The first-order valence-electron chi connectivity index (χ1n) is 9.90. The van der Waals surface area contributed by atoms with Crippen LogP contribution in [0, 0.1) is 0 Å². The molecule has 0 spiro atoms. The molecule has 0 fully saturated rings. The molecule has 0 bridgehead atoms. The van der Waals surface area contributed by atoms with E-state index in [2.05, 4.69) is 64.3 Å². The molecule has 1 aliphatic carbocycles. The predicted octanol–water partition coefficient (Wildman–Crippen LogP) is 4.09. The Balaban J connectivity index is 1.59. The fourth-order valence-electron chi connectivity index (χ4n) is 4.73. The minimum absolute atomic E-state index is 0.0619. The Morgan fingerprint density at radius 1 is 0.656 bits per heavy atom. The molecule has 0 radical (unpaired) electrons. The molecule has 11 heteroatoms. The summed E-state index contributed by atoms with van der Waals surface area (Å²) in [4.78, 5) is 13.3. The number of halogens is 2. The normalized spacial score (nSPS) is 14.5. The van der Waals surface area contributed by atoms with E-state index in [0.29, 0.717) is 23.2 Å². The highest BCUT2D eigenvalue weighted by atomic mass is 35.5. The minimum Gasteiger partial charge on any atom is -0.189 e. The molecule has 0 saturated heterocycles. The van der Waals surface area contributed by atoms with Gasteiger partial charge in [-0.05, 0) is 45.5 Å². The van der Waals surface area contributed by atoms with Crippen LogP contribution in [0.15, 0.2) is 42.5 Å². The van der Waals surface area contributed by atoms with Gasteiger partial charge in [-0.3, -0.25) is 0 Å². The molecular weight excluding hydrogens is 449 g/mol. The van der Waals surface area contributed by atoms with E-state index in [9.17, 15) is 0 Å². The van der Waals surface area contributed by atoms with Crippen LogP contribution in [-0.4, -0.2) is 43.8 Å². The molecule has 4 aromatic heterocycles. The smallest absolute Gasteiger partial charge is 0.189 e. The maximum absolute atomic E-state index is 6.08. The molecule has 0 saturated carbocycles. The third-order valence-corrected chi connectivity index (χ3v) is 6.46. The van der Waals surface area contributed by atoms with Crippen molar-refractivity contribution < 1.29 is 0 Å². The molecule has 0 atom stereocenters. The number of nitrogens with zero attached hydrogens (tertiary/aromatic N) is 9. The van der Waals surface area contributed by atoms with Gasteiger partial charge in [-0.15, -0.1) is 15.3 Å². The van der Waals surface area contributed by atoms with E-state index >= 15 is 0 Å². The van der Waals surface area contributed by atoms with E-state index in [-0.39, 0.29) is 16.0 Å². The summed E-state index contributed by atoms with van der Waals surface area (Å²) in [6.45, 7) is 4.47. The van der Waals surface area contributed by atoms with Crippen molar-refractivity contribution in [2.45, 2.75) is 19.3 Å². The van der Waals surface area contributed by atoms with Crippen LogP contribution in [0.5, 0.6) is 0 Å². The predicted molar refractivity (Wildman–Crippen MR) is 119 cm³/mol. The summed E-state index contributed by atoms with van der Waals surface area (Å²) in [6, 6.07) is 14.7. The van der Waals surface area contributed by atoms with Crippen molar-refractivity contribution in [1.82, 2.24) is 43.8 Å². The summed E-state index contributed by atoms with van der Waals surface area (Å²) in [7, 11) is 0. The molecule has 156 valence electrons. The van der Waals surface area contributed by atoms with Gasteiger partial charge in [0.05, 0.1) is 0 Å². The molecule has 32 heavy (non-hydrogen) atoms. The number of fused-ring (bicyclic) bond motifs is 9. The Labute approximate surface area is 190 Å². The Bertz CT molecular complexity index is 1670. The summed E-state index contributed by atoms with van der Waals surface area (Å²) >= 11 is 12.2.